The minimum atomic E-state index is 0.475. The second-order valence-corrected chi connectivity index (χ2v) is 5.10. The van der Waals surface area contributed by atoms with E-state index in [1.165, 1.54) is 16.9 Å². The van der Waals surface area contributed by atoms with Crippen molar-refractivity contribution < 1.29 is 0 Å². The zero-order valence-corrected chi connectivity index (χ0v) is 10.2. The molecule has 5 heteroatoms. The summed E-state index contributed by atoms with van der Waals surface area (Å²) in [5, 5.41) is 8.97. The van der Waals surface area contributed by atoms with Crippen molar-refractivity contribution in [2.24, 2.45) is 5.92 Å². The molecule has 84 valence electrons. The molecule has 0 radical (unpaired) electrons. The van der Waals surface area contributed by atoms with Crippen molar-refractivity contribution >= 4 is 16.5 Å². The summed E-state index contributed by atoms with van der Waals surface area (Å²) in [4.78, 5) is 4.37. The van der Waals surface area contributed by atoms with E-state index in [9.17, 15) is 0 Å². The molecule has 2 rings (SSSR count). The van der Waals surface area contributed by atoms with Gasteiger partial charge in [0.2, 0.25) is 5.13 Å². The van der Waals surface area contributed by atoms with E-state index in [1.54, 1.807) is 0 Å². The summed E-state index contributed by atoms with van der Waals surface area (Å²) in [5.74, 6) is 0.643. The molecule has 0 unspecified atom stereocenters. The third-order valence-corrected chi connectivity index (χ3v) is 2.90. The predicted molar refractivity (Wildman–Crippen MR) is 66.1 cm³/mol. The van der Waals surface area contributed by atoms with Gasteiger partial charge in [-0.05, 0) is 24.0 Å². The lowest BCUT2D eigenvalue weighted by Crippen LogP contribution is -1.95. The minimum Gasteiger partial charge on any atom is -0.374 e. The van der Waals surface area contributed by atoms with Crippen LogP contribution in [0.2, 0.25) is 0 Å². The van der Waals surface area contributed by atoms with Gasteiger partial charge in [0.1, 0.15) is 5.69 Å². The molecular formula is C11H14N4S. The summed E-state index contributed by atoms with van der Waals surface area (Å²) in [6.07, 6.45) is 2.94. The number of nitrogens with two attached hydrogens (primary N) is 1. The Morgan fingerprint density at radius 3 is 2.62 bits per heavy atom. The molecule has 4 nitrogen and oxygen atoms in total. The zero-order valence-electron chi connectivity index (χ0n) is 9.34. The molecule has 0 saturated heterocycles. The first-order valence-electron chi connectivity index (χ1n) is 5.19. The first-order valence-corrected chi connectivity index (χ1v) is 6.01. The number of pyridine rings is 1. The van der Waals surface area contributed by atoms with Crippen LogP contribution >= 0.6 is 11.3 Å². The Morgan fingerprint density at radius 1 is 1.31 bits per heavy atom. The summed E-state index contributed by atoms with van der Waals surface area (Å²) in [7, 11) is 0. The molecule has 0 aliphatic heterocycles. The predicted octanol–water partition coefficient (Wildman–Crippen LogP) is 2.38. The van der Waals surface area contributed by atoms with Crippen molar-refractivity contribution in [3.8, 4) is 10.7 Å². The average Bonchev–Trinajstić information content (AvgIpc) is 2.65. The molecular weight excluding hydrogens is 220 g/mol. The standard InChI is InChI=1S/C11H14N4S/c1-7(2)5-8-3-4-9(13-6-8)10-14-15-11(12)16-10/h3-4,6-7H,5H2,1-2H3,(H2,12,15). The average molecular weight is 234 g/mol. The summed E-state index contributed by atoms with van der Waals surface area (Å²) in [6.45, 7) is 4.39. The van der Waals surface area contributed by atoms with E-state index in [1.807, 2.05) is 12.3 Å². The van der Waals surface area contributed by atoms with Crippen LogP contribution in [-0.4, -0.2) is 15.2 Å². The lowest BCUT2D eigenvalue weighted by molar-refractivity contribution is 0.646. The fourth-order valence-corrected chi connectivity index (χ4v) is 2.07. The van der Waals surface area contributed by atoms with Gasteiger partial charge in [-0.15, -0.1) is 10.2 Å². The Labute approximate surface area is 98.6 Å². The van der Waals surface area contributed by atoms with E-state index >= 15 is 0 Å². The smallest absolute Gasteiger partial charge is 0.203 e. The quantitative estimate of drug-likeness (QED) is 0.885. The summed E-state index contributed by atoms with van der Waals surface area (Å²) < 4.78 is 0. The van der Waals surface area contributed by atoms with Gasteiger partial charge in [-0.1, -0.05) is 31.3 Å². The Balaban J connectivity index is 2.19. The Hall–Kier alpha value is -1.49. The fourth-order valence-electron chi connectivity index (χ4n) is 1.48. The van der Waals surface area contributed by atoms with Crippen LogP contribution in [0.15, 0.2) is 18.3 Å². The minimum absolute atomic E-state index is 0.475. The molecule has 2 aromatic heterocycles. The fraction of sp³-hybridized carbons (Fsp3) is 0.364. The zero-order chi connectivity index (χ0) is 11.5. The molecule has 0 saturated carbocycles. The number of hydrogen-bond donors (Lipinski definition) is 1. The van der Waals surface area contributed by atoms with Crippen LogP contribution in [0.1, 0.15) is 19.4 Å². The third kappa shape index (κ3) is 2.55. The molecule has 0 amide bonds. The first-order chi connectivity index (χ1) is 7.65. The second-order valence-electron chi connectivity index (χ2n) is 4.10. The van der Waals surface area contributed by atoms with Crippen molar-refractivity contribution in [2.45, 2.75) is 20.3 Å². The normalized spacial score (nSPS) is 10.9. The van der Waals surface area contributed by atoms with Gasteiger partial charge in [0.05, 0.1) is 0 Å². The highest BCUT2D eigenvalue weighted by atomic mass is 32.1. The maximum atomic E-state index is 5.53. The Kier molecular flexibility index (Phi) is 3.14. The van der Waals surface area contributed by atoms with E-state index in [-0.39, 0.29) is 0 Å². The lowest BCUT2D eigenvalue weighted by Gasteiger charge is -2.04. The van der Waals surface area contributed by atoms with Crippen molar-refractivity contribution in [3.63, 3.8) is 0 Å². The number of hydrogen-bond acceptors (Lipinski definition) is 5. The largest absolute Gasteiger partial charge is 0.374 e. The van der Waals surface area contributed by atoms with Crippen molar-refractivity contribution in [1.82, 2.24) is 15.2 Å². The lowest BCUT2D eigenvalue weighted by atomic mass is 10.0. The van der Waals surface area contributed by atoms with Crippen molar-refractivity contribution in [1.29, 1.82) is 0 Å². The monoisotopic (exact) mass is 234 g/mol. The molecule has 0 aromatic carbocycles. The maximum absolute atomic E-state index is 5.53. The molecule has 0 aliphatic carbocycles. The van der Waals surface area contributed by atoms with Crippen molar-refractivity contribution in [3.05, 3.63) is 23.9 Å². The molecule has 0 atom stereocenters. The number of nitrogens with zero attached hydrogens (tertiary/aromatic N) is 3. The van der Waals surface area contributed by atoms with Crippen LogP contribution in [0.3, 0.4) is 0 Å². The highest BCUT2D eigenvalue weighted by Crippen LogP contribution is 2.22. The molecule has 2 N–H and O–H groups in total. The molecule has 0 bridgehead atoms. The van der Waals surface area contributed by atoms with Gasteiger partial charge >= 0.3 is 0 Å². The van der Waals surface area contributed by atoms with Crippen LogP contribution in [0.4, 0.5) is 5.13 Å². The SMILES string of the molecule is CC(C)Cc1ccc(-c2nnc(N)s2)nc1. The van der Waals surface area contributed by atoms with Crippen LogP contribution in [-0.2, 0) is 6.42 Å². The molecule has 16 heavy (non-hydrogen) atoms. The highest BCUT2D eigenvalue weighted by molar-refractivity contribution is 7.18. The second kappa shape index (κ2) is 4.57. The van der Waals surface area contributed by atoms with E-state index in [0.717, 1.165) is 17.1 Å². The Morgan fingerprint density at radius 2 is 2.12 bits per heavy atom. The third-order valence-electron chi connectivity index (χ3n) is 2.13. The molecule has 0 fully saturated rings. The van der Waals surface area contributed by atoms with Crippen LogP contribution in [0, 0.1) is 5.92 Å². The molecule has 2 heterocycles. The van der Waals surface area contributed by atoms with Gasteiger partial charge in [-0.25, -0.2) is 0 Å². The van der Waals surface area contributed by atoms with Gasteiger partial charge in [0.15, 0.2) is 5.01 Å². The van der Waals surface area contributed by atoms with Crippen molar-refractivity contribution in [2.75, 3.05) is 5.73 Å². The molecule has 0 aliphatic rings. The number of anilines is 1. The van der Waals surface area contributed by atoms with Gasteiger partial charge in [0, 0.05) is 6.20 Å². The number of nitrogen functional groups attached to an aromatic ring is 1. The van der Waals surface area contributed by atoms with E-state index in [4.69, 9.17) is 5.73 Å². The van der Waals surface area contributed by atoms with E-state index in [2.05, 4.69) is 35.1 Å². The van der Waals surface area contributed by atoms with Gasteiger partial charge < -0.3 is 5.73 Å². The van der Waals surface area contributed by atoms with Gasteiger partial charge in [-0.2, -0.15) is 0 Å². The van der Waals surface area contributed by atoms with E-state index < -0.39 is 0 Å². The van der Waals surface area contributed by atoms with Crippen LogP contribution in [0.25, 0.3) is 10.7 Å². The van der Waals surface area contributed by atoms with Gasteiger partial charge in [0.25, 0.3) is 0 Å². The molecule has 2 aromatic rings. The van der Waals surface area contributed by atoms with Crippen LogP contribution in [0.5, 0.6) is 0 Å². The maximum Gasteiger partial charge on any atom is 0.203 e. The number of rotatable bonds is 3. The summed E-state index contributed by atoms with van der Waals surface area (Å²) in [6, 6.07) is 4.05. The Bertz CT molecular complexity index is 461. The van der Waals surface area contributed by atoms with Crippen LogP contribution < -0.4 is 5.73 Å². The number of aromatic nitrogens is 3. The molecule has 0 spiro atoms. The highest BCUT2D eigenvalue weighted by Gasteiger charge is 2.06. The van der Waals surface area contributed by atoms with Gasteiger partial charge in [-0.3, -0.25) is 4.98 Å². The first kappa shape index (κ1) is 11.0. The summed E-state index contributed by atoms with van der Waals surface area (Å²) in [5.41, 5.74) is 7.61. The summed E-state index contributed by atoms with van der Waals surface area (Å²) >= 11 is 1.35. The topological polar surface area (TPSA) is 64.7 Å². The van der Waals surface area contributed by atoms with E-state index in [0.29, 0.717) is 11.0 Å².